The molecule has 0 saturated heterocycles. The van der Waals surface area contributed by atoms with Crippen molar-refractivity contribution < 1.29 is 22.6 Å². The number of ether oxygens (including phenoxy) is 2. The second-order valence-corrected chi connectivity index (χ2v) is 4.94. The number of anilines is 2. The Bertz CT molecular complexity index is 931. The van der Waals surface area contributed by atoms with Crippen LogP contribution in [-0.4, -0.2) is 14.2 Å². The van der Waals surface area contributed by atoms with Gasteiger partial charge in [-0.25, -0.2) is 13.2 Å². The zero-order valence-corrected chi connectivity index (χ0v) is 13.5. The van der Waals surface area contributed by atoms with Gasteiger partial charge in [-0.15, -0.1) is 0 Å². The second-order valence-electron chi connectivity index (χ2n) is 4.94. The number of nitriles is 2. The third-order valence-electron chi connectivity index (χ3n) is 3.52. The van der Waals surface area contributed by atoms with Gasteiger partial charge in [0, 0.05) is 6.07 Å². The number of methoxy groups -OCH3 is 2. The average Bonchev–Trinajstić information content (AvgIpc) is 2.61. The summed E-state index contributed by atoms with van der Waals surface area (Å²) in [7, 11) is 2.78. The van der Waals surface area contributed by atoms with E-state index >= 15 is 0 Å². The van der Waals surface area contributed by atoms with Crippen LogP contribution in [0.15, 0.2) is 12.1 Å². The van der Waals surface area contributed by atoms with E-state index < -0.39 is 34.3 Å². The first-order valence-corrected chi connectivity index (χ1v) is 6.89. The molecule has 128 valence electrons. The topological polar surface area (TPSA) is 78.1 Å². The number of halogens is 3. The highest BCUT2D eigenvalue weighted by atomic mass is 19.2. The van der Waals surface area contributed by atoms with Gasteiger partial charge in [0.25, 0.3) is 0 Å². The molecule has 2 aromatic rings. The number of benzene rings is 2. The Labute approximate surface area is 141 Å². The molecule has 0 heterocycles. The fraction of sp³-hybridized carbons (Fsp3) is 0.176. The molecule has 0 radical (unpaired) electrons. The summed E-state index contributed by atoms with van der Waals surface area (Å²) >= 11 is 0. The summed E-state index contributed by atoms with van der Waals surface area (Å²) in [6.07, 6.45) is 0. The Balaban J connectivity index is 2.70. The summed E-state index contributed by atoms with van der Waals surface area (Å²) < 4.78 is 52.9. The van der Waals surface area contributed by atoms with Gasteiger partial charge in [0.2, 0.25) is 0 Å². The van der Waals surface area contributed by atoms with Gasteiger partial charge in [-0.2, -0.15) is 10.5 Å². The fourth-order valence-corrected chi connectivity index (χ4v) is 2.27. The van der Waals surface area contributed by atoms with Crippen LogP contribution >= 0.6 is 0 Å². The van der Waals surface area contributed by atoms with Crippen molar-refractivity contribution in [2.75, 3.05) is 19.5 Å². The molecule has 0 unspecified atom stereocenters. The molecule has 0 atom stereocenters. The average molecular weight is 347 g/mol. The van der Waals surface area contributed by atoms with Crippen molar-refractivity contribution in [1.29, 1.82) is 10.5 Å². The van der Waals surface area contributed by atoms with Crippen LogP contribution < -0.4 is 14.8 Å². The van der Waals surface area contributed by atoms with E-state index in [1.807, 2.05) is 0 Å². The highest BCUT2D eigenvalue weighted by Gasteiger charge is 2.26. The van der Waals surface area contributed by atoms with Gasteiger partial charge in [-0.3, -0.25) is 0 Å². The van der Waals surface area contributed by atoms with Crippen molar-refractivity contribution in [1.82, 2.24) is 0 Å². The number of hydrogen-bond donors (Lipinski definition) is 1. The Hall–Kier alpha value is -3.39. The fourth-order valence-electron chi connectivity index (χ4n) is 2.27. The molecule has 0 aliphatic heterocycles. The van der Waals surface area contributed by atoms with Crippen LogP contribution in [0.4, 0.5) is 24.5 Å². The van der Waals surface area contributed by atoms with Crippen molar-refractivity contribution in [2.45, 2.75) is 6.92 Å². The lowest BCUT2D eigenvalue weighted by atomic mass is 10.1. The number of rotatable bonds is 4. The summed E-state index contributed by atoms with van der Waals surface area (Å²) in [5, 5.41) is 20.2. The molecule has 0 fully saturated rings. The van der Waals surface area contributed by atoms with E-state index in [2.05, 4.69) is 5.32 Å². The quantitative estimate of drug-likeness (QED) is 0.848. The number of hydrogen-bond acceptors (Lipinski definition) is 5. The van der Waals surface area contributed by atoms with E-state index in [9.17, 15) is 13.2 Å². The van der Waals surface area contributed by atoms with Crippen molar-refractivity contribution in [3.05, 3.63) is 46.3 Å². The van der Waals surface area contributed by atoms with Crippen LogP contribution in [0.3, 0.4) is 0 Å². The first-order valence-electron chi connectivity index (χ1n) is 6.89. The largest absolute Gasteiger partial charge is 0.497 e. The minimum Gasteiger partial charge on any atom is -0.497 e. The maximum Gasteiger partial charge on any atom is 0.186 e. The van der Waals surface area contributed by atoms with Crippen LogP contribution in [0, 0.1) is 47.0 Å². The predicted molar refractivity (Wildman–Crippen MR) is 83.3 cm³/mol. The molecule has 0 aromatic heterocycles. The molecule has 25 heavy (non-hydrogen) atoms. The van der Waals surface area contributed by atoms with Crippen LogP contribution in [-0.2, 0) is 0 Å². The molecule has 2 rings (SSSR count). The molecule has 0 aliphatic rings. The Morgan fingerprint density at radius 2 is 1.48 bits per heavy atom. The van der Waals surface area contributed by atoms with Crippen molar-refractivity contribution in [2.24, 2.45) is 0 Å². The Morgan fingerprint density at radius 3 is 2.00 bits per heavy atom. The van der Waals surface area contributed by atoms with Gasteiger partial charge >= 0.3 is 0 Å². The maximum atomic E-state index is 14.5. The molecule has 8 heteroatoms. The highest BCUT2D eigenvalue weighted by Crippen LogP contribution is 2.38. The molecule has 5 nitrogen and oxygen atoms in total. The zero-order chi connectivity index (χ0) is 18.7. The van der Waals surface area contributed by atoms with Crippen LogP contribution in [0.25, 0.3) is 0 Å². The monoisotopic (exact) mass is 347 g/mol. The summed E-state index contributed by atoms with van der Waals surface area (Å²) in [6.45, 7) is 1.62. The van der Waals surface area contributed by atoms with E-state index in [-0.39, 0.29) is 11.4 Å². The molecular formula is C17H12F3N3O2. The minimum atomic E-state index is -1.61. The normalized spacial score (nSPS) is 9.92. The van der Waals surface area contributed by atoms with E-state index in [0.717, 1.165) is 0 Å². The van der Waals surface area contributed by atoms with E-state index in [0.29, 0.717) is 11.3 Å². The van der Waals surface area contributed by atoms with Gasteiger partial charge < -0.3 is 14.8 Å². The Kier molecular flexibility index (Phi) is 5.04. The maximum absolute atomic E-state index is 14.5. The van der Waals surface area contributed by atoms with Gasteiger partial charge in [0.1, 0.15) is 40.5 Å². The Morgan fingerprint density at radius 1 is 0.880 bits per heavy atom. The lowest BCUT2D eigenvalue weighted by molar-refractivity contribution is 0.395. The van der Waals surface area contributed by atoms with Crippen LogP contribution in [0.5, 0.6) is 11.5 Å². The highest BCUT2D eigenvalue weighted by molar-refractivity contribution is 5.73. The minimum absolute atomic E-state index is 0.161. The van der Waals surface area contributed by atoms with Gasteiger partial charge in [-0.1, -0.05) is 0 Å². The summed E-state index contributed by atoms with van der Waals surface area (Å²) in [5.41, 5.74) is -2.09. The molecule has 0 aliphatic carbocycles. The third kappa shape index (κ3) is 3.02. The van der Waals surface area contributed by atoms with Crippen LogP contribution in [0.1, 0.15) is 16.7 Å². The molecule has 1 N–H and O–H groups in total. The van der Waals surface area contributed by atoms with Gasteiger partial charge in [-0.05, 0) is 18.6 Å². The summed E-state index contributed by atoms with van der Waals surface area (Å²) in [4.78, 5) is 0. The molecule has 2 aromatic carbocycles. The zero-order valence-electron chi connectivity index (χ0n) is 13.5. The third-order valence-corrected chi connectivity index (χ3v) is 3.52. The molecule has 0 saturated carbocycles. The summed E-state index contributed by atoms with van der Waals surface area (Å²) in [5.74, 6) is -3.93. The van der Waals surface area contributed by atoms with Crippen molar-refractivity contribution >= 4 is 11.4 Å². The smallest absolute Gasteiger partial charge is 0.186 e. The molecule has 0 spiro atoms. The van der Waals surface area contributed by atoms with Crippen LogP contribution in [0.2, 0.25) is 0 Å². The number of nitrogens with one attached hydrogen (secondary N) is 1. The van der Waals surface area contributed by atoms with Gasteiger partial charge in [0.05, 0.1) is 19.9 Å². The molecule has 0 amide bonds. The molecular weight excluding hydrogens is 335 g/mol. The van der Waals surface area contributed by atoms with E-state index in [4.69, 9.17) is 20.0 Å². The van der Waals surface area contributed by atoms with Crippen molar-refractivity contribution in [3.8, 4) is 23.6 Å². The lowest BCUT2D eigenvalue weighted by Gasteiger charge is -2.17. The number of nitrogens with zero attached hydrogens (tertiary/aromatic N) is 2. The lowest BCUT2D eigenvalue weighted by Crippen LogP contribution is -2.08. The first kappa shape index (κ1) is 18.0. The van der Waals surface area contributed by atoms with Gasteiger partial charge in [0.15, 0.2) is 17.5 Å². The van der Waals surface area contributed by atoms with Crippen molar-refractivity contribution in [3.63, 3.8) is 0 Å². The standard InChI is InChI=1S/C17H12F3N3O2/c1-8-4-9(24-2)5-12(25-3)16(8)23-17-14(19)11(7-22)10(6-21)13(18)15(17)20/h4-5,23H,1-3H3. The van der Waals surface area contributed by atoms with E-state index in [1.54, 1.807) is 13.0 Å². The van der Waals surface area contributed by atoms with E-state index in [1.165, 1.54) is 32.4 Å². The second kappa shape index (κ2) is 7.02. The summed E-state index contributed by atoms with van der Waals surface area (Å²) in [6, 6.07) is 5.71. The molecule has 0 bridgehead atoms. The first-order chi connectivity index (χ1) is 11.9. The number of aryl methyl sites for hydroxylation is 1. The SMILES string of the molecule is COc1cc(C)c(Nc2c(F)c(F)c(C#N)c(C#N)c2F)c(OC)c1. The predicted octanol–water partition coefficient (Wildman–Crippen LogP) is 3.92.